The van der Waals surface area contributed by atoms with Gasteiger partial charge in [0.25, 0.3) is 5.91 Å². The van der Waals surface area contributed by atoms with Gasteiger partial charge >= 0.3 is 0 Å². The number of hydrogen-bond donors (Lipinski definition) is 2. The molecule has 1 amide bonds. The molecule has 1 aromatic carbocycles. The second-order valence-corrected chi connectivity index (χ2v) is 6.34. The largest absolute Gasteiger partial charge is 0.397 e. The zero-order chi connectivity index (χ0) is 14.7. The first kappa shape index (κ1) is 15.2. The monoisotopic (exact) mass is 328 g/mol. The predicted octanol–water partition coefficient (Wildman–Crippen LogP) is 4.00. The maximum Gasteiger partial charge on any atom is 0.251 e. The molecule has 20 heavy (non-hydrogen) atoms. The molecule has 1 heterocycles. The molecule has 1 atom stereocenters. The van der Waals surface area contributed by atoms with Gasteiger partial charge < -0.3 is 11.1 Å². The predicted molar refractivity (Wildman–Crippen MR) is 85.8 cm³/mol. The van der Waals surface area contributed by atoms with Gasteiger partial charge in [-0.05, 0) is 30.5 Å². The van der Waals surface area contributed by atoms with Gasteiger partial charge in [0.05, 0.1) is 15.7 Å². The number of thiophene rings is 1. The van der Waals surface area contributed by atoms with E-state index >= 15 is 0 Å². The van der Waals surface area contributed by atoms with Crippen molar-refractivity contribution in [2.24, 2.45) is 0 Å². The molecule has 0 spiro atoms. The highest BCUT2D eigenvalue weighted by atomic mass is 35.5. The van der Waals surface area contributed by atoms with Crippen LogP contribution < -0.4 is 11.1 Å². The topological polar surface area (TPSA) is 55.1 Å². The first-order valence-corrected chi connectivity index (χ1v) is 7.68. The Hall–Kier alpha value is -1.23. The lowest BCUT2D eigenvalue weighted by molar-refractivity contribution is 0.0940. The molecular formula is C14H14Cl2N2OS. The summed E-state index contributed by atoms with van der Waals surface area (Å²) >= 11 is 13.5. The fraction of sp³-hybridized carbons (Fsp3) is 0.214. The van der Waals surface area contributed by atoms with Crippen LogP contribution in [0.25, 0.3) is 0 Å². The lowest BCUT2D eigenvalue weighted by Crippen LogP contribution is -2.33. The average Bonchev–Trinajstić information content (AvgIpc) is 2.87. The number of hydrogen-bond acceptors (Lipinski definition) is 3. The summed E-state index contributed by atoms with van der Waals surface area (Å²) in [6.07, 6.45) is 0.792. The minimum atomic E-state index is -0.209. The quantitative estimate of drug-likeness (QED) is 0.833. The molecule has 0 radical (unpaired) electrons. The molecule has 0 aliphatic carbocycles. The minimum absolute atomic E-state index is 0.0248. The van der Waals surface area contributed by atoms with Crippen molar-refractivity contribution in [1.82, 2.24) is 5.32 Å². The molecule has 106 valence electrons. The highest BCUT2D eigenvalue weighted by Crippen LogP contribution is 2.29. The Morgan fingerprint density at radius 2 is 2.20 bits per heavy atom. The molecule has 1 unspecified atom stereocenters. The van der Waals surface area contributed by atoms with E-state index in [2.05, 4.69) is 5.32 Å². The van der Waals surface area contributed by atoms with Crippen LogP contribution in [0.3, 0.4) is 0 Å². The Morgan fingerprint density at radius 3 is 2.80 bits per heavy atom. The molecule has 0 bridgehead atoms. The van der Waals surface area contributed by atoms with Gasteiger partial charge in [-0.2, -0.15) is 0 Å². The van der Waals surface area contributed by atoms with E-state index in [1.807, 2.05) is 24.4 Å². The van der Waals surface area contributed by atoms with E-state index < -0.39 is 0 Å². The first-order chi connectivity index (χ1) is 9.47. The number of rotatable bonds is 4. The van der Waals surface area contributed by atoms with Crippen LogP contribution in [0, 0.1) is 0 Å². The summed E-state index contributed by atoms with van der Waals surface area (Å²) in [5, 5.41) is 5.49. The summed E-state index contributed by atoms with van der Waals surface area (Å²) in [7, 11) is 0. The van der Waals surface area contributed by atoms with Gasteiger partial charge in [0, 0.05) is 22.9 Å². The van der Waals surface area contributed by atoms with E-state index in [0.29, 0.717) is 11.3 Å². The van der Waals surface area contributed by atoms with E-state index in [9.17, 15) is 4.79 Å². The molecule has 0 saturated heterocycles. The third-order valence-corrected chi connectivity index (χ3v) is 4.50. The normalized spacial score (nSPS) is 12.2. The highest BCUT2D eigenvalue weighted by molar-refractivity contribution is 7.09. The number of carbonyl (C=O) groups is 1. The Bertz CT molecular complexity index is 591. The summed E-state index contributed by atoms with van der Waals surface area (Å²) < 4.78 is 0. The number of halogens is 2. The van der Waals surface area contributed by atoms with Gasteiger partial charge in [0.1, 0.15) is 0 Å². The average molecular weight is 329 g/mol. The van der Waals surface area contributed by atoms with Crippen molar-refractivity contribution < 1.29 is 4.79 Å². The Labute approximate surface area is 131 Å². The Kier molecular flexibility index (Phi) is 4.91. The molecular weight excluding hydrogens is 315 g/mol. The minimum Gasteiger partial charge on any atom is -0.397 e. The van der Waals surface area contributed by atoms with Crippen molar-refractivity contribution in [1.29, 1.82) is 0 Å². The van der Waals surface area contributed by atoms with Gasteiger partial charge in [-0.15, -0.1) is 11.3 Å². The maximum absolute atomic E-state index is 12.1. The van der Waals surface area contributed by atoms with Crippen molar-refractivity contribution in [3.05, 3.63) is 50.1 Å². The molecule has 0 saturated carbocycles. The lowest BCUT2D eigenvalue weighted by atomic mass is 10.1. The molecule has 3 nitrogen and oxygen atoms in total. The van der Waals surface area contributed by atoms with Crippen molar-refractivity contribution in [3.63, 3.8) is 0 Å². The van der Waals surface area contributed by atoms with Crippen LogP contribution >= 0.6 is 34.5 Å². The molecule has 2 aromatic rings. The number of benzene rings is 1. The van der Waals surface area contributed by atoms with Crippen LogP contribution in [0.5, 0.6) is 0 Å². The lowest BCUT2D eigenvalue weighted by Gasteiger charge is -2.14. The molecule has 2 rings (SSSR count). The molecule has 1 aromatic heterocycles. The number of carbonyl (C=O) groups excluding carboxylic acids is 1. The number of anilines is 1. The summed E-state index contributed by atoms with van der Waals surface area (Å²) in [5.41, 5.74) is 6.42. The standard InChI is InChI=1S/C14H14Cl2N2OS/c1-8(5-10-3-2-4-20-10)18-14(19)9-6-11(15)13(16)12(17)7-9/h2-4,6-8H,5,17H2,1H3,(H,18,19). The maximum atomic E-state index is 12.1. The molecule has 0 fully saturated rings. The van der Waals surface area contributed by atoms with Crippen molar-refractivity contribution in [2.75, 3.05) is 5.73 Å². The summed E-state index contributed by atoms with van der Waals surface area (Å²) in [6, 6.07) is 7.12. The third-order valence-electron chi connectivity index (χ3n) is 2.78. The van der Waals surface area contributed by atoms with E-state index in [1.54, 1.807) is 11.3 Å². The van der Waals surface area contributed by atoms with Crippen LogP contribution in [-0.4, -0.2) is 11.9 Å². The second kappa shape index (κ2) is 6.48. The van der Waals surface area contributed by atoms with Gasteiger partial charge in [0.15, 0.2) is 0 Å². The smallest absolute Gasteiger partial charge is 0.251 e. The summed E-state index contributed by atoms with van der Waals surface area (Å²) in [6.45, 7) is 1.96. The van der Waals surface area contributed by atoms with E-state index in [0.717, 1.165) is 6.42 Å². The van der Waals surface area contributed by atoms with Gasteiger partial charge in [-0.25, -0.2) is 0 Å². The zero-order valence-electron chi connectivity index (χ0n) is 10.8. The van der Waals surface area contributed by atoms with Gasteiger partial charge in [0.2, 0.25) is 0 Å². The molecule has 6 heteroatoms. The van der Waals surface area contributed by atoms with Gasteiger partial charge in [-0.1, -0.05) is 29.3 Å². The second-order valence-electron chi connectivity index (χ2n) is 4.52. The Morgan fingerprint density at radius 1 is 1.45 bits per heavy atom. The van der Waals surface area contributed by atoms with Crippen LogP contribution in [0.4, 0.5) is 5.69 Å². The van der Waals surface area contributed by atoms with Crippen LogP contribution in [0.1, 0.15) is 22.2 Å². The summed E-state index contributed by atoms with van der Waals surface area (Å²) in [5.74, 6) is -0.209. The Balaban J connectivity index is 2.04. The fourth-order valence-electron chi connectivity index (χ4n) is 1.83. The SMILES string of the molecule is CC(Cc1cccs1)NC(=O)c1cc(N)c(Cl)c(Cl)c1. The van der Waals surface area contributed by atoms with Crippen LogP contribution in [0.2, 0.25) is 10.0 Å². The van der Waals surface area contributed by atoms with Crippen molar-refractivity contribution in [3.8, 4) is 0 Å². The number of nitrogen functional groups attached to an aromatic ring is 1. The molecule has 3 N–H and O–H groups in total. The molecule has 0 aliphatic heterocycles. The van der Waals surface area contributed by atoms with E-state index in [-0.39, 0.29) is 22.0 Å². The molecule has 0 aliphatic rings. The fourth-order valence-corrected chi connectivity index (χ4v) is 3.00. The van der Waals surface area contributed by atoms with Gasteiger partial charge in [-0.3, -0.25) is 4.79 Å². The van der Waals surface area contributed by atoms with Crippen LogP contribution in [0.15, 0.2) is 29.6 Å². The highest BCUT2D eigenvalue weighted by Gasteiger charge is 2.14. The van der Waals surface area contributed by atoms with Crippen molar-refractivity contribution in [2.45, 2.75) is 19.4 Å². The number of nitrogens with two attached hydrogens (primary N) is 1. The first-order valence-electron chi connectivity index (χ1n) is 6.05. The summed E-state index contributed by atoms with van der Waals surface area (Å²) in [4.78, 5) is 13.4. The third kappa shape index (κ3) is 3.66. The number of amides is 1. The zero-order valence-corrected chi connectivity index (χ0v) is 13.1. The van der Waals surface area contributed by atoms with E-state index in [1.165, 1.54) is 17.0 Å². The van der Waals surface area contributed by atoms with E-state index in [4.69, 9.17) is 28.9 Å². The van der Waals surface area contributed by atoms with Crippen molar-refractivity contribution >= 4 is 46.1 Å². The number of nitrogens with one attached hydrogen (secondary N) is 1. The van der Waals surface area contributed by atoms with Crippen LogP contribution in [-0.2, 0) is 6.42 Å².